The lowest BCUT2D eigenvalue weighted by atomic mass is 9.83. The monoisotopic (exact) mass is 251 g/mol. The first-order valence-corrected chi connectivity index (χ1v) is 7.30. The highest BCUT2D eigenvalue weighted by atomic mass is 32.1. The Morgan fingerprint density at radius 2 is 1.88 bits per heavy atom. The molecule has 0 saturated heterocycles. The Morgan fingerprint density at radius 1 is 1.24 bits per heavy atom. The molecule has 2 nitrogen and oxygen atoms in total. The molecular weight excluding hydrogens is 230 g/mol. The van der Waals surface area contributed by atoms with Crippen molar-refractivity contribution in [2.75, 3.05) is 14.1 Å². The van der Waals surface area contributed by atoms with E-state index in [1.165, 1.54) is 25.7 Å². The standard InChI is InChI=1S/C14H21NOS/c1-15(2)14(9-5-3-4-6-10-14)13(16)12-8-7-11-17-12/h7-8,11H,3-6,9-10H2,1-2H3. The summed E-state index contributed by atoms with van der Waals surface area (Å²) >= 11 is 1.57. The van der Waals surface area contributed by atoms with E-state index in [4.69, 9.17) is 0 Å². The van der Waals surface area contributed by atoms with Crippen LogP contribution in [0.4, 0.5) is 0 Å². The lowest BCUT2D eigenvalue weighted by molar-refractivity contribution is 0.0640. The Kier molecular flexibility index (Phi) is 4.00. The number of ketones is 1. The first-order chi connectivity index (χ1) is 8.17. The van der Waals surface area contributed by atoms with Gasteiger partial charge in [0.2, 0.25) is 0 Å². The molecule has 0 bridgehead atoms. The van der Waals surface area contributed by atoms with E-state index in [9.17, 15) is 4.79 Å². The molecule has 94 valence electrons. The van der Waals surface area contributed by atoms with Crippen LogP contribution in [0, 0.1) is 0 Å². The fourth-order valence-electron chi connectivity index (χ4n) is 2.83. The van der Waals surface area contributed by atoms with Crippen molar-refractivity contribution < 1.29 is 4.79 Å². The zero-order valence-corrected chi connectivity index (χ0v) is 11.6. The maximum atomic E-state index is 12.7. The number of hydrogen-bond acceptors (Lipinski definition) is 3. The van der Waals surface area contributed by atoms with Crippen LogP contribution in [0.15, 0.2) is 17.5 Å². The number of rotatable bonds is 3. The predicted molar refractivity (Wildman–Crippen MR) is 72.8 cm³/mol. The van der Waals surface area contributed by atoms with Gasteiger partial charge in [-0.05, 0) is 38.4 Å². The van der Waals surface area contributed by atoms with Gasteiger partial charge in [0.1, 0.15) is 0 Å². The molecule has 1 saturated carbocycles. The van der Waals surface area contributed by atoms with E-state index in [0.29, 0.717) is 5.78 Å². The number of thiophene rings is 1. The third-order valence-electron chi connectivity index (χ3n) is 3.95. The van der Waals surface area contributed by atoms with Gasteiger partial charge in [-0.2, -0.15) is 0 Å². The highest BCUT2D eigenvalue weighted by molar-refractivity contribution is 7.12. The molecule has 0 spiro atoms. The van der Waals surface area contributed by atoms with Gasteiger partial charge in [-0.25, -0.2) is 0 Å². The Hall–Kier alpha value is -0.670. The molecule has 0 unspecified atom stereocenters. The number of carbonyl (C=O) groups excluding carboxylic acids is 1. The van der Waals surface area contributed by atoms with Crippen molar-refractivity contribution in [3.05, 3.63) is 22.4 Å². The van der Waals surface area contributed by atoms with Crippen molar-refractivity contribution in [1.29, 1.82) is 0 Å². The zero-order chi connectivity index (χ0) is 12.3. The summed E-state index contributed by atoms with van der Waals surface area (Å²) < 4.78 is 0. The fraction of sp³-hybridized carbons (Fsp3) is 0.643. The second kappa shape index (κ2) is 5.32. The minimum absolute atomic E-state index is 0.249. The van der Waals surface area contributed by atoms with Gasteiger partial charge in [0.25, 0.3) is 0 Å². The Balaban J connectivity index is 2.30. The topological polar surface area (TPSA) is 20.3 Å². The SMILES string of the molecule is CN(C)C1(C(=O)c2cccs2)CCCCCC1. The van der Waals surface area contributed by atoms with Crippen LogP contribution in [0.2, 0.25) is 0 Å². The van der Waals surface area contributed by atoms with Gasteiger partial charge in [-0.1, -0.05) is 31.7 Å². The van der Waals surface area contributed by atoms with Gasteiger partial charge >= 0.3 is 0 Å². The molecule has 0 atom stereocenters. The number of carbonyl (C=O) groups is 1. The van der Waals surface area contributed by atoms with Crippen molar-refractivity contribution in [3.63, 3.8) is 0 Å². The van der Waals surface area contributed by atoms with Crippen LogP contribution in [0.5, 0.6) is 0 Å². The molecule has 1 aromatic rings. The summed E-state index contributed by atoms with van der Waals surface area (Å²) in [5.74, 6) is 0.333. The summed E-state index contributed by atoms with van der Waals surface area (Å²) in [5.41, 5.74) is -0.249. The van der Waals surface area contributed by atoms with Gasteiger partial charge in [-0.15, -0.1) is 11.3 Å². The third kappa shape index (κ3) is 2.45. The molecule has 0 aliphatic heterocycles. The molecule has 1 fully saturated rings. The zero-order valence-electron chi connectivity index (χ0n) is 10.7. The van der Waals surface area contributed by atoms with E-state index in [0.717, 1.165) is 17.7 Å². The average molecular weight is 251 g/mol. The molecule has 3 heteroatoms. The number of nitrogens with zero attached hydrogens (tertiary/aromatic N) is 1. The maximum Gasteiger partial charge on any atom is 0.192 e. The van der Waals surface area contributed by atoms with Gasteiger partial charge in [0.05, 0.1) is 10.4 Å². The summed E-state index contributed by atoms with van der Waals surface area (Å²) in [6, 6.07) is 3.93. The molecule has 1 aliphatic carbocycles. The number of Topliss-reactive ketones (excluding diaryl/α,β-unsaturated/α-hetero) is 1. The van der Waals surface area contributed by atoms with Crippen molar-refractivity contribution in [3.8, 4) is 0 Å². The Bertz CT molecular complexity index is 362. The Labute approximate surface area is 108 Å². The molecule has 0 radical (unpaired) electrons. The minimum Gasteiger partial charge on any atom is -0.297 e. The second-order valence-corrected chi connectivity index (χ2v) is 6.09. The van der Waals surface area contributed by atoms with Gasteiger partial charge in [-0.3, -0.25) is 9.69 Å². The summed E-state index contributed by atoms with van der Waals surface area (Å²) in [6.07, 6.45) is 6.92. The van der Waals surface area contributed by atoms with Crippen LogP contribution >= 0.6 is 11.3 Å². The highest BCUT2D eigenvalue weighted by Gasteiger charge is 2.41. The largest absolute Gasteiger partial charge is 0.297 e. The third-order valence-corrected chi connectivity index (χ3v) is 4.82. The highest BCUT2D eigenvalue weighted by Crippen LogP contribution is 2.35. The van der Waals surface area contributed by atoms with E-state index in [1.54, 1.807) is 11.3 Å². The van der Waals surface area contributed by atoms with Gasteiger partial charge < -0.3 is 0 Å². The van der Waals surface area contributed by atoms with E-state index in [2.05, 4.69) is 19.0 Å². The number of likely N-dealkylation sites (N-methyl/N-ethyl adjacent to an activating group) is 1. The molecule has 17 heavy (non-hydrogen) atoms. The molecule has 0 amide bonds. The van der Waals surface area contributed by atoms with Gasteiger partial charge in [0, 0.05) is 0 Å². The van der Waals surface area contributed by atoms with Crippen molar-refractivity contribution in [2.45, 2.75) is 44.1 Å². The fourth-order valence-corrected chi connectivity index (χ4v) is 3.59. The van der Waals surface area contributed by atoms with Crippen molar-refractivity contribution in [1.82, 2.24) is 4.90 Å². The molecular formula is C14H21NOS. The summed E-state index contributed by atoms with van der Waals surface area (Å²) in [5, 5.41) is 1.99. The molecule has 0 N–H and O–H groups in total. The van der Waals surface area contributed by atoms with Crippen molar-refractivity contribution >= 4 is 17.1 Å². The minimum atomic E-state index is -0.249. The van der Waals surface area contributed by atoms with E-state index in [-0.39, 0.29) is 5.54 Å². The van der Waals surface area contributed by atoms with Crippen LogP contribution in [0.3, 0.4) is 0 Å². The quantitative estimate of drug-likeness (QED) is 0.604. The smallest absolute Gasteiger partial charge is 0.192 e. The molecule has 2 rings (SSSR count). The normalized spacial score (nSPS) is 20.2. The Morgan fingerprint density at radius 3 is 2.35 bits per heavy atom. The second-order valence-electron chi connectivity index (χ2n) is 5.15. The van der Waals surface area contributed by atoms with Crippen LogP contribution in [0.1, 0.15) is 48.2 Å². The molecule has 1 aliphatic rings. The molecule has 1 heterocycles. The van der Waals surface area contributed by atoms with Gasteiger partial charge in [0.15, 0.2) is 5.78 Å². The lowest BCUT2D eigenvalue weighted by Crippen LogP contribution is -2.50. The van der Waals surface area contributed by atoms with E-state index in [1.807, 2.05) is 17.5 Å². The van der Waals surface area contributed by atoms with Crippen LogP contribution in [-0.4, -0.2) is 30.3 Å². The lowest BCUT2D eigenvalue weighted by Gasteiger charge is -2.37. The summed E-state index contributed by atoms with van der Waals surface area (Å²) in [4.78, 5) is 15.8. The van der Waals surface area contributed by atoms with Crippen molar-refractivity contribution in [2.24, 2.45) is 0 Å². The number of hydrogen-bond donors (Lipinski definition) is 0. The average Bonchev–Trinajstić information content (AvgIpc) is 2.72. The van der Waals surface area contributed by atoms with Crippen LogP contribution < -0.4 is 0 Å². The maximum absolute atomic E-state index is 12.7. The summed E-state index contributed by atoms with van der Waals surface area (Å²) in [7, 11) is 4.10. The van der Waals surface area contributed by atoms with E-state index >= 15 is 0 Å². The first-order valence-electron chi connectivity index (χ1n) is 6.42. The predicted octanol–water partition coefficient (Wildman–Crippen LogP) is 3.59. The van der Waals surface area contributed by atoms with E-state index < -0.39 is 0 Å². The molecule has 1 aromatic heterocycles. The molecule has 0 aromatic carbocycles. The first kappa shape index (κ1) is 12.8. The van der Waals surface area contributed by atoms with Crippen LogP contribution in [0.25, 0.3) is 0 Å². The summed E-state index contributed by atoms with van der Waals surface area (Å²) in [6.45, 7) is 0. The van der Waals surface area contributed by atoms with Crippen LogP contribution in [-0.2, 0) is 0 Å².